The number of methoxy groups -OCH3 is 3. The SMILES string of the molecule is CCNC(=NCc1cc(OC)c(OC)c(OC)c1)NC1CCN(CC(F)(F)F)C1. The van der Waals surface area contributed by atoms with Crippen LogP contribution in [-0.4, -0.2) is 70.6 Å². The van der Waals surface area contributed by atoms with Crippen LogP contribution in [0.5, 0.6) is 17.2 Å². The maximum atomic E-state index is 12.6. The number of nitrogens with zero attached hydrogens (tertiary/aromatic N) is 2. The van der Waals surface area contributed by atoms with E-state index in [0.29, 0.717) is 55.8 Å². The molecule has 0 spiro atoms. The fourth-order valence-electron chi connectivity index (χ4n) is 3.26. The highest BCUT2D eigenvalue weighted by Crippen LogP contribution is 2.38. The molecule has 2 N–H and O–H groups in total. The monoisotopic (exact) mass is 418 g/mol. The summed E-state index contributed by atoms with van der Waals surface area (Å²) in [6.07, 6.45) is -3.55. The van der Waals surface area contributed by atoms with Crippen LogP contribution in [0.15, 0.2) is 17.1 Å². The fourth-order valence-corrected chi connectivity index (χ4v) is 3.26. The molecule has 0 aromatic heterocycles. The van der Waals surface area contributed by atoms with Crippen molar-refractivity contribution < 1.29 is 27.4 Å². The quantitative estimate of drug-likeness (QED) is 0.499. The molecule has 0 saturated carbocycles. The van der Waals surface area contributed by atoms with Crippen LogP contribution in [0.3, 0.4) is 0 Å². The fraction of sp³-hybridized carbons (Fsp3) is 0.632. The van der Waals surface area contributed by atoms with E-state index in [0.717, 1.165) is 5.56 Å². The molecule has 0 radical (unpaired) electrons. The number of alkyl halides is 3. The number of guanidine groups is 1. The van der Waals surface area contributed by atoms with Gasteiger partial charge in [-0.25, -0.2) is 4.99 Å². The average molecular weight is 418 g/mol. The zero-order valence-electron chi connectivity index (χ0n) is 17.2. The molecule has 1 aliphatic rings. The Hall–Kier alpha value is -2.36. The number of nitrogens with one attached hydrogen (secondary N) is 2. The van der Waals surface area contributed by atoms with Crippen molar-refractivity contribution in [1.82, 2.24) is 15.5 Å². The highest BCUT2D eigenvalue weighted by atomic mass is 19.4. The van der Waals surface area contributed by atoms with E-state index < -0.39 is 12.7 Å². The van der Waals surface area contributed by atoms with Crippen LogP contribution in [0.2, 0.25) is 0 Å². The molecule has 1 aliphatic heterocycles. The third kappa shape index (κ3) is 6.88. The lowest BCUT2D eigenvalue weighted by Crippen LogP contribution is -2.45. The van der Waals surface area contributed by atoms with E-state index in [4.69, 9.17) is 14.2 Å². The molecule has 29 heavy (non-hydrogen) atoms. The van der Waals surface area contributed by atoms with E-state index in [1.807, 2.05) is 19.1 Å². The molecule has 164 valence electrons. The van der Waals surface area contributed by atoms with Crippen LogP contribution in [0.25, 0.3) is 0 Å². The Morgan fingerprint density at radius 3 is 2.34 bits per heavy atom. The Kier molecular flexibility index (Phi) is 8.24. The van der Waals surface area contributed by atoms with Gasteiger partial charge in [-0.2, -0.15) is 13.2 Å². The molecule has 1 atom stereocenters. The second kappa shape index (κ2) is 10.4. The van der Waals surface area contributed by atoms with Gasteiger partial charge in [0.25, 0.3) is 0 Å². The van der Waals surface area contributed by atoms with Crippen molar-refractivity contribution in [2.24, 2.45) is 4.99 Å². The number of hydrogen-bond donors (Lipinski definition) is 2. The molecule has 1 unspecified atom stereocenters. The standard InChI is InChI=1S/C19H29F3N4O3/c1-5-23-18(25-14-6-7-26(11-14)12-19(20,21)22)24-10-13-8-15(27-2)17(29-4)16(9-13)28-3/h8-9,14H,5-7,10-12H2,1-4H3,(H2,23,24,25). The molecule has 1 heterocycles. The largest absolute Gasteiger partial charge is 0.493 e. The van der Waals surface area contributed by atoms with Gasteiger partial charge in [0.05, 0.1) is 34.4 Å². The summed E-state index contributed by atoms with van der Waals surface area (Å²) in [6, 6.07) is 3.54. The van der Waals surface area contributed by atoms with Gasteiger partial charge in [0.15, 0.2) is 17.5 Å². The Balaban J connectivity index is 2.06. The minimum Gasteiger partial charge on any atom is -0.493 e. The van der Waals surface area contributed by atoms with Gasteiger partial charge in [-0.1, -0.05) is 0 Å². The van der Waals surface area contributed by atoms with Crippen molar-refractivity contribution in [2.45, 2.75) is 32.1 Å². The summed E-state index contributed by atoms with van der Waals surface area (Å²) >= 11 is 0. The number of rotatable bonds is 8. The Labute approximate surface area is 169 Å². The van der Waals surface area contributed by atoms with Crippen LogP contribution < -0.4 is 24.8 Å². The second-order valence-corrected chi connectivity index (χ2v) is 6.71. The first-order chi connectivity index (χ1) is 13.8. The highest BCUT2D eigenvalue weighted by Gasteiger charge is 2.34. The first-order valence-electron chi connectivity index (χ1n) is 9.42. The first-order valence-corrected chi connectivity index (χ1v) is 9.42. The third-order valence-electron chi connectivity index (χ3n) is 4.50. The van der Waals surface area contributed by atoms with E-state index in [9.17, 15) is 13.2 Å². The molecule has 1 fully saturated rings. The van der Waals surface area contributed by atoms with E-state index in [1.54, 1.807) is 14.2 Å². The van der Waals surface area contributed by atoms with Gasteiger partial charge in [0, 0.05) is 25.7 Å². The van der Waals surface area contributed by atoms with Crippen molar-refractivity contribution in [3.8, 4) is 17.2 Å². The number of aliphatic imine (C=N–C) groups is 1. The molecular weight excluding hydrogens is 389 g/mol. The minimum absolute atomic E-state index is 0.0879. The van der Waals surface area contributed by atoms with Crippen molar-refractivity contribution in [3.63, 3.8) is 0 Å². The molecule has 0 bridgehead atoms. The minimum atomic E-state index is -4.18. The predicted molar refractivity (Wildman–Crippen MR) is 105 cm³/mol. The van der Waals surface area contributed by atoms with Gasteiger partial charge in [0.2, 0.25) is 5.75 Å². The lowest BCUT2D eigenvalue weighted by molar-refractivity contribution is -0.143. The van der Waals surface area contributed by atoms with Crippen LogP contribution >= 0.6 is 0 Å². The van der Waals surface area contributed by atoms with Gasteiger partial charge in [-0.3, -0.25) is 4.90 Å². The maximum Gasteiger partial charge on any atom is 0.401 e. The summed E-state index contributed by atoms with van der Waals surface area (Å²) in [5, 5.41) is 6.36. The molecular formula is C19H29F3N4O3. The second-order valence-electron chi connectivity index (χ2n) is 6.71. The van der Waals surface area contributed by atoms with E-state index >= 15 is 0 Å². The van der Waals surface area contributed by atoms with Gasteiger partial charge in [-0.15, -0.1) is 0 Å². The highest BCUT2D eigenvalue weighted by molar-refractivity contribution is 5.80. The molecule has 0 aliphatic carbocycles. The van der Waals surface area contributed by atoms with Crippen molar-refractivity contribution in [2.75, 3.05) is 47.5 Å². The maximum absolute atomic E-state index is 12.6. The number of hydrogen-bond acceptors (Lipinski definition) is 5. The average Bonchev–Trinajstić information content (AvgIpc) is 3.10. The molecule has 1 aromatic rings. The zero-order valence-corrected chi connectivity index (χ0v) is 17.2. The molecule has 7 nitrogen and oxygen atoms in total. The van der Waals surface area contributed by atoms with Crippen LogP contribution in [-0.2, 0) is 6.54 Å². The predicted octanol–water partition coefficient (Wildman–Crippen LogP) is 2.40. The Morgan fingerprint density at radius 2 is 1.83 bits per heavy atom. The van der Waals surface area contributed by atoms with E-state index in [1.165, 1.54) is 12.0 Å². The van der Waals surface area contributed by atoms with Crippen molar-refractivity contribution in [1.29, 1.82) is 0 Å². The van der Waals surface area contributed by atoms with Crippen LogP contribution in [0.4, 0.5) is 13.2 Å². The van der Waals surface area contributed by atoms with Crippen LogP contribution in [0.1, 0.15) is 18.9 Å². The Bertz CT molecular complexity index is 673. The molecule has 1 aromatic carbocycles. The number of halogens is 3. The van der Waals surface area contributed by atoms with Gasteiger partial charge >= 0.3 is 6.18 Å². The summed E-state index contributed by atoms with van der Waals surface area (Å²) in [4.78, 5) is 5.96. The lowest BCUT2D eigenvalue weighted by atomic mass is 10.2. The Morgan fingerprint density at radius 1 is 1.17 bits per heavy atom. The van der Waals surface area contributed by atoms with Gasteiger partial charge in [0.1, 0.15) is 0 Å². The van der Waals surface area contributed by atoms with Gasteiger partial charge in [-0.05, 0) is 31.0 Å². The van der Waals surface area contributed by atoms with E-state index in [-0.39, 0.29) is 6.04 Å². The molecule has 0 amide bonds. The lowest BCUT2D eigenvalue weighted by Gasteiger charge is -2.20. The summed E-state index contributed by atoms with van der Waals surface area (Å²) < 4.78 is 53.7. The topological polar surface area (TPSA) is 67.4 Å². The number of ether oxygens (including phenoxy) is 3. The zero-order chi connectivity index (χ0) is 21.4. The summed E-state index contributed by atoms with van der Waals surface area (Å²) in [7, 11) is 4.63. The first kappa shape index (κ1) is 22.9. The molecule has 2 rings (SSSR count). The molecule has 10 heteroatoms. The van der Waals surface area contributed by atoms with Gasteiger partial charge < -0.3 is 24.8 Å². The smallest absolute Gasteiger partial charge is 0.401 e. The van der Waals surface area contributed by atoms with Crippen molar-refractivity contribution in [3.05, 3.63) is 17.7 Å². The summed E-state index contributed by atoms with van der Waals surface area (Å²) in [6.45, 7) is 2.76. The summed E-state index contributed by atoms with van der Waals surface area (Å²) in [5.74, 6) is 2.13. The van der Waals surface area contributed by atoms with Crippen LogP contribution in [0, 0.1) is 0 Å². The normalized spacial score (nSPS) is 17.9. The third-order valence-corrected chi connectivity index (χ3v) is 4.50. The molecule has 1 saturated heterocycles. The number of likely N-dealkylation sites (tertiary alicyclic amines) is 1. The van der Waals surface area contributed by atoms with E-state index in [2.05, 4.69) is 15.6 Å². The number of benzene rings is 1. The summed E-state index contributed by atoms with van der Waals surface area (Å²) in [5.41, 5.74) is 0.849. The van der Waals surface area contributed by atoms with Crippen molar-refractivity contribution >= 4 is 5.96 Å².